The van der Waals surface area contributed by atoms with Gasteiger partial charge in [0, 0.05) is 39.5 Å². The van der Waals surface area contributed by atoms with E-state index < -0.39 is 0 Å². The van der Waals surface area contributed by atoms with Gasteiger partial charge in [-0.25, -0.2) is 5.84 Å². The topological polar surface area (TPSA) is 102 Å². The first-order chi connectivity index (χ1) is 8.86. The summed E-state index contributed by atoms with van der Waals surface area (Å²) in [7, 11) is 1.68. The third kappa shape index (κ3) is 6.16. The lowest BCUT2D eigenvalue weighted by Gasteiger charge is -2.08. The summed E-state index contributed by atoms with van der Waals surface area (Å²) < 4.78 is 6.72. The van der Waals surface area contributed by atoms with Crippen molar-refractivity contribution in [3.05, 3.63) is 12.4 Å². The van der Waals surface area contributed by atoms with Gasteiger partial charge in [0.05, 0.1) is 6.20 Å². The molecule has 1 rings (SSSR count). The summed E-state index contributed by atoms with van der Waals surface area (Å²) >= 11 is 0. The lowest BCUT2D eigenvalue weighted by molar-refractivity contribution is 0.195. The van der Waals surface area contributed by atoms with E-state index in [1.165, 1.54) is 0 Å². The van der Waals surface area contributed by atoms with E-state index >= 15 is 0 Å². The van der Waals surface area contributed by atoms with Crippen LogP contribution in [-0.4, -0.2) is 47.8 Å². The van der Waals surface area contributed by atoms with Crippen LogP contribution in [0.4, 0.5) is 0 Å². The molecule has 0 aromatic carbocycles. The van der Waals surface area contributed by atoms with E-state index in [9.17, 15) is 0 Å². The third-order valence-electron chi connectivity index (χ3n) is 2.24. The van der Waals surface area contributed by atoms with Crippen LogP contribution in [0.3, 0.4) is 0 Å². The van der Waals surface area contributed by atoms with Crippen LogP contribution < -0.4 is 16.6 Å². The molecular weight excluding hydrogens is 234 g/mol. The highest BCUT2D eigenvalue weighted by molar-refractivity contribution is 5.79. The summed E-state index contributed by atoms with van der Waals surface area (Å²) in [5.74, 6) is 5.96. The number of nitrogens with one attached hydrogen (secondary N) is 2. The van der Waals surface area contributed by atoms with Gasteiger partial charge in [0.25, 0.3) is 0 Å². The molecule has 1 aromatic rings. The average Bonchev–Trinajstić information content (AvgIpc) is 2.90. The van der Waals surface area contributed by atoms with E-state index in [-0.39, 0.29) is 0 Å². The number of nitrogens with zero attached hydrogens (tertiary/aromatic N) is 4. The minimum Gasteiger partial charge on any atom is -0.385 e. The van der Waals surface area contributed by atoms with Gasteiger partial charge < -0.3 is 10.1 Å². The van der Waals surface area contributed by atoms with Gasteiger partial charge >= 0.3 is 0 Å². The maximum absolute atomic E-state index is 5.36. The van der Waals surface area contributed by atoms with Crippen LogP contribution in [0.2, 0.25) is 0 Å². The van der Waals surface area contributed by atoms with Gasteiger partial charge in [-0.3, -0.25) is 15.1 Å². The highest BCUT2D eigenvalue weighted by atomic mass is 16.5. The van der Waals surface area contributed by atoms with Crippen LogP contribution in [-0.2, 0) is 11.3 Å². The average molecular weight is 255 g/mol. The maximum Gasteiger partial charge on any atom is 0.205 e. The van der Waals surface area contributed by atoms with Crippen molar-refractivity contribution in [2.24, 2.45) is 10.8 Å². The molecule has 8 heteroatoms. The van der Waals surface area contributed by atoms with Gasteiger partial charge in [-0.2, -0.15) is 0 Å². The van der Waals surface area contributed by atoms with Crippen molar-refractivity contribution in [1.82, 2.24) is 25.7 Å². The Kier molecular flexibility index (Phi) is 7.49. The minimum absolute atomic E-state index is 0.602. The summed E-state index contributed by atoms with van der Waals surface area (Å²) in [5, 5.41) is 10.7. The van der Waals surface area contributed by atoms with E-state index in [0.29, 0.717) is 12.5 Å². The molecule has 0 radical (unpaired) electrons. The van der Waals surface area contributed by atoms with Crippen molar-refractivity contribution in [3.63, 3.8) is 0 Å². The lowest BCUT2D eigenvalue weighted by Crippen LogP contribution is -2.42. The lowest BCUT2D eigenvalue weighted by atomic mass is 10.4. The van der Waals surface area contributed by atoms with Crippen LogP contribution >= 0.6 is 0 Å². The molecule has 0 amide bonds. The van der Waals surface area contributed by atoms with Crippen molar-refractivity contribution >= 4 is 5.96 Å². The molecule has 8 nitrogen and oxygen atoms in total. The first-order valence-electron chi connectivity index (χ1n) is 5.94. The molecule has 18 heavy (non-hydrogen) atoms. The van der Waals surface area contributed by atoms with Crippen molar-refractivity contribution in [2.45, 2.75) is 19.4 Å². The van der Waals surface area contributed by atoms with E-state index in [2.05, 4.69) is 26.0 Å². The summed E-state index contributed by atoms with van der Waals surface area (Å²) in [5.41, 5.74) is 2.54. The minimum atomic E-state index is 0.602. The zero-order valence-electron chi connectivity index (χ0n) is 10.7. The molecule has 0 bridgehead atoms. The molecule has 102 valence electrons. The number of aliphatic imine (C=N–C) groups is 1. The summed E-state index contributed by atoms with van der Waals surface area (Å²) in [6.45, 7) is 2.97. The normalized spacial score (nSPS) is 11.6. The van der Waals surface area contributed by atoms with Crippen LogP contribution in [0.15, 0.2) is 17.4 Å². The van der Waals surface area contributed by atoms with E-state index in [0.717, 1.165) is 32.5 Å². The number of hydrogen-bond acceptors (Lipinski definition) is 5. The first-order valence-corrected chi connectivity index (χ1v) is 5.94. The number of hydrazine groups is 1. The Labute approximate surface area is 107 Å². The number of aromatic nitrogens is 3. The Morgan fingerprint density at radius 3 is 3.06 bits per heavy atom. The number of rotatable bonds is 8. The molecule has 0 aliphatic carbocycles. The second kappa shape index (κ2) is 9.37. The Balaban J connectivity index is 2.13. The predicted octanol–water partition coefficient (Wildman–Crippen LogP) is -0.886. The number of nitrogens with two attached hydrogens (primary N) is 1. The fraction of sp³-hybridized carbons (Fsp3) is 0.700. The molecule has 0 fully saturated rings. The highest BCUT2D eigenvalue weighted by Crippen LogP contribution is 1.88. The number of ether oxygens (including phenoxy) is 1. The molecule has 0 atom stereocenters. The van der Waals surface area contributed by atoms with Crippen molar-refractivity contribution in [1.29, 1.82) is 0 Å². The molecule has 1 aromatic heterocycles. The maximum atomic E-state index is 5.36. The molecule has 0 aliphatic rings. The van der Waals surface area contributed by atoms with Crippen LogP contribution in [0.1, 0.15) is 12.8 Å². The summed E-state index contributed by atoms with van der Waals surface area (Å²) in [6, 6.07) is 0. The molecule has 1 heterocycles. The molecule has 4 N–H and O–H groups in total. The van der Waals surface area contributed by atoms with Gasteiger partial charge in [0.1, 0.15) is 0 Å². The second-order valence-electron chi connectivity index (χ2n) is 3.67. The first kappa shape index (κ1) is 14.4. The molecule has 0 saturated heterocycles. The fourth-order valence-corrected chi connectivity index (χ4v) is 1.35. The zero-order chi connectivity index (χ0) is 13.1. The highest BCUT2D eigenvalue weighted by Gasteiger charge is 1.95. The Hall–Kier alpha value is -1.67. The molecule has 0 aliphatic heterocycles. The van der Waals surface area contributed by atoms with Crippen molar-refractivity contribution < 1.29 is 4.74 Å². The summed E-state index contributed by atoms with van der Waals surface area (Å²) in [4.78, 5) is 4.31. The fourth-order valence-electron chi connectivity index (χ4n) is 1.35. The van der Waals surface area contributed by atoms with Crippen molar-refractivity contribution in [3.8, 4) is 0 Å². The van der Waals surface area contributed by atoms with Gasteiger partial charge in [0.2, 0.25) is 5.96 Å². The van der Waals surface area contributed by atoms with E-state index in [1.807, 2.05) is 6.20 Å². The van der Waals surface area contributed by atoms with Crippen LogP contribution in [0.5, 0.6) is 0 Å². The molecular formula is C10H21N7O. The van der Waals surface area contributed by atoms with E-state index in [1.54, 1.807) is 18.0 Å². The Morgan fingerprint density at radius 1 is 1.50 bits per heavy atom. The van der Waals surface area contributed by atoms with Gasteiger partial charge in [-0.15, -0.1) is 5.10 Å². The number of aryl methyl sites for hydroxylation is 1. The smallest absolute Gasteiger partial charge is 0.205 e. The number of hydrogen-bond donors (Lipinski definition) is 3. The summed E-state index contributed by atoms with van der Waals surface area (Å²) in [6.07, 6.45) is 5.28. The SMILES string of the molecule is COCCCNC(=NCCCn1ccnn1)NN. The van der Waals surface area contributed by atoms with Gasteiger partial charge in [-0.1, -0.05) is 5.21 Å². The quantitative estimate of drug-likeness (QED) is 0.183. The predicted molar refractivity (Wildman–Crippen MR) is 68.8 cm³/mol. The van der Waals surface area contributed by atoms with Crippen molar-refractivity contribution in [2.75, 3.05) is 26.8 Å². The largest absolute Gasteiger partial charge is 0.385 e. The molecule has 0 unspecified atom stereocenters. The molecule has 0 saturated carbocycles. The second-order valence-corrected chi connectivity index (χ2v) is 3.67. The standard InChI is InChI=1S/C10H21N7O/c1-18-9-3-5-13-10(15-11)12-4-2-7-17-8-6-14-16-17/h6,8H,2-5,7,9,11H2,1H3,(H2,12,13,15). The number of guanidine groups is 1. The van der Waals surface area contributed by atoms with Crippen LogP contribution in [0.25, 0.3) is 0 Å². The zero-order valence-corrected chi connectivity index (χ0v) is 10.7. The Morgan fingerprint density at radius 2 is 2.39 bits per heavy atom. The Bertz CT molecular complexity index is 325. The van der Waals surface area contributed by atoms with Gasteiger partial charge in [-0.05, 0) is 12.8 Å². The monoisotopic (exact) mass is 255 g/mol. The van der Waals surface area contributed by atoms with Crippen LogP contribution in [0, 0.1) is 0 Å². The van der Waals surface area contributed by atoms with E-state index in [4.69, 9.17) is 10.6 Å². The van der Waals surface area contributed by atoms with Gasteiger partial charge in [0.15, 0.2) is 0 Å². The molecule has 0 spiro atoms. The number of methoxy groups -OCH3 is 1. The third-order valence-corrected chi connectivity index (χ3v) is 2.24.